The normalized spacial score (nSPS) is 19.7. The van der Waals surface area contributed by atoms with Gasteiger partial charge in [-0.3, -0.25) is 4.79 Å². The highest BCUT2D eigenvalue weighted by molar-refractivity contribution is 5.96. The lowest BCUT2D eigenvalue weighted by molar-refractivity contribution is -0.117. The Morgan fingerprint density at radius 3 is 2.42 bits per heavy atom. The first kappa shape index (κ1) is 20.8. The second kappa shape index (κ2) is 8.02. The molecule has 8 heteroatoms. The third kappa shape index (κ3) is 4.38. The van der Waals surface area contributed by atoms with Crippen molar-refractivity contribution in [2.75, 3.05) is 11.9 Å². The van der Waals surface area contributed by atoms with E-state index in [0.717, 1.165) is 6.07 Å². The Hall–Kier alpha value is -3.42. The smallest absolute Gasteiger partial charge is 0.228 e. The predicted octanol–water partition coefficient (Wildman–Crippen LogP) is 4.49. The molecular formula is C23H20F3N3O2. The largest absolute Gasteiger partial charge is 0.489 e. The maximum absolute atomic E-state index is 13.9. The van der Waals surface area contributed by atoms with Gasteiger partial charge < -0.3 is 10.1 Å². The van der Waals surface area contributed by atoms with Crippen molar-refractivity contribution >= 4 is 11.6 Å². The number of amides is 1. The van der Waals surface area contributed by atoms with E-state index in [-0.39, 0.29) is 12.5 Å². The van der Waals surface area contributed by atoms with Crippen LogP contribution in [-0.4, -0.2) is 22.5 Å². The summed E-state index contributed by atoms with van der Waals surface area (Å²) < 4.78 is 46.9. The zero-order valence-electron chi connectivity index (χ0n) is 17.0. The van der Waals surface area contributed by atoms with Gasteiger partial charge in [0.2, 0.25) is 5.91 Å². The zero-order chi connectivity index (χ0) is 22.2. The quantitative estimate of drug-likeness (QED) is 0.630. The molecule has 3 aromatic rings. The van der Waals surface area contributed by atoms with Crippen molar-refractivity contribution in [3.05, 3.63) is 83.2 Å². The van der Waals surface area contributed by atoms with Gasteiger partial charge in [-0.1, -0.05) is 0 Å². The Labute approximate surface area is 177 Å². The summed E-state index contributed by atoms with van der Waals surface area (Å²) in [6.07, 6.45) is 1.88. The van der Waals surface area contributed by atoms with Crippen molar-refractivity contribution in [2.45, 2.75) is 25.7 Å². The lowest BCUT2D eigenvalue weighted by Gasteiger charge is -2.20. The minimum atomic E-state index is -0.912. The number of nitrogens with one attached hydrogen (secondary N) is 1. The molecular weight excluding hydrogens is 407 g/mol. The highest BCUT2D eigenvalue weighted by atomic mass is 19.1. The van der Waals surface area contributed by atoms with Gasteiger partial charge in [0, 0.05) is 17.2 Å². The van der Waals surface area contributed by atoms with Gasteiger partial charge in [-0.15, -0.1) is 0 Å². The van der Waals surface area contributed by atoms with E-state index in [1.54, 1.807) is 13.8 Å². The van der Waals surface area contributed by atoms with Crippen molar-refractivity contribution in [1.82, 2.24) is 9.97 Å². The van der Waals surface area contributed by atoms with Crippen LogP contribution in [0.1, 0.15) is 23.5 Å². The van der Waals surface area contributed by atoms with Crippen molar-refractivity contribution in [3.8, 4) is 5.75 Å². The van der Waals surface area contributed by atoms with Crippen LogP contribution in [-0.2, 0) is 10.2 Å². The second-order valence-electron chi connectivity index (χ2n) is 7.72. The number of rotatable bonds is 6. The molecule has 0 unspecified atom stereocenters. The summed E-state index contributed by atoms with van der Waals surface area (Å²) in [4.78, 5) is 21.2. The molecule has 31 heavy (non-hydrogen) atoms. The molecule has 160 valence electrons. The standard InChI is InChI=1S/C23H20F3N3O2/c1-13-21(11-27-14(2)28-13)31-12-23(15-7-17(25)9-18(26)8-15)10-20(23)22(30)29-19-5-3-16(24)4-6-19/h3-9,11,20H,10,12H2,1-2H3,(H,29,30)/t20-,23+/m0/s1. The molecule has 2 atom stereocenters. The number of halogens is 3. The molecule has 4 rings (SSSR count). The zero-order valence-corrected chi connectivity index (χ0v) is 17.0. The minimum Gasteiger partial charge on any atom is -0.489 e. The average Bonchev–Trinajstić information content (AvgIpc) is 3.44. The minimum absolute atomic E-state index is 0.0185. The molecule has 1 N–H and O–H groups in total. The van der Waals surface area contributed by atoms with Gasteiger partial charge in [-0.25, -0.2) is 23.1 Å². The van der Waals surface area contributed by atoms with Crippen LogP contribution in [0.5, 0.6) is 5.75 Å². The fraction of sp³-hybridized carbons (Fsp3) is 0.261. The summed E-state index contributed by atoms with van der Waals surface area (Å²) in [5.41, 5.74) is 0.488. The predicted molar refractivity (Wildman–Crippen MR) is 108 cm³/mol. The van der Waals surface area contributed by atoms with Gasteiger partial charge in [0.25, 0.3) is 0 Å². The number of hydrogen-bond donors (Lipinski definition) is 1. The van der Waals surface area contributed by atoms with Crippen LogP contribution in [0.4, 0.5) is 18.9 Å². The van der Waals surface area contributed by atoms with Crippen molar-refractivity contribution in [1.29, 1.82) is 0 Å². The van der Waals surface area contributed by atoms with Gasteiger partial charge in [-0.2, -0.15) is 0 Å². The number of nitrogens with zero attached hydrogens (tertiary/aromatic N) is 2. The van der Waals surface area contributed by atoms with Gasteiger partial charge in [0.1, 0.15) is 23.3 Å². The van der Waals surface area contributed by atoms with Crippen LogP contribution in [0.2, 0.25) is 0 Å². The summed E-state index contributed by atoms with van der Waals surface area (Å²) in [7, 11) is 0. The molecule has 0 bridgehead atoms. The SMILES string of the molecule is Cc1ncc(OC[C@@]2(c3cc(F)cc(F)c3)C[C@H]2C(=O)Nc2ccc(F)cc2)c(C)n1. The number of carbonyl (C=O) groups is 1. The van der Waals surface area contributed by atoms with Gasteiger partial charge in [0.05, 0.1) is 24.4 Å². The van der Waals surface area contributed by atoms with Crippen LogP contribution in [0, 0.1) is 37.2 Å². The van der Waals surface area contributed by atoms with E-state index in [1.165, 1.54) is 42.6 Å². The highest BCUT2D eigenvalue weighted by Crippen LogP contribution is 2.55. The third-order valence-corrected chi connectivity index (χ3v) is 5.48. The molecule has 0 aliphatic heterocycles. The monoisotopic (exact) mass is 427 g/mol. The molecule has 1 saturated carbocycles. The van der Waals surface area contributed by atoms with E-state index >= 15 is 0 Å². The van der Waals surface area contributed by atoms with E-state index in [4.69, 9.17) is 4.74 Å². The number of ether oxygens (including phenoxy) is 1. The molecule has 1 aromatic heterocycles. The molecule has 1 aliphatic rings. The van der Waals surface area contributed by atoms with Crippen molar-refractivity contribution in [3.63, 3.8) is 0 Å². The average molecular weight is 427 g/mol. The topological polar surface area (TPSA) is 64.1 Å². The number of aryl methyl sites for hydroxylation is 2. The summed E-state index contributed by atoms with van der Waals surface area (Å²) in [6.45, 7) is 3.54. The van der Waals surface area contributed by atoms with E-state index in [0.29, 0.717) is 34.9 Å². The maximum Gasteiger partial charge on any atom is 0.228 e. The summed E-state index contributed by atoms with van der Waals surface area (Å²) in [5, 5.41) is 2.73. The van der Waals surface area contributed by atoms with Crippen LogP contribution < -0.4 is 10.1 Å². The Morgan fingerprint density at radius 2 is 1.77 bits per heavy atom. The number of anilines is 1. The molecule has 1 amide bonds. The van der Waals surface area contributed by atoms with Gasteiger partial charge >= 0.3 is 0 Å². The second-order valence-corrected chi connectivity index (χ2v) is 7.72. The van der Waals surface area contributed by atoms with E-state index in [9.17, 15) is 18.0 Å². The summed E-state index contributed by atoms with van der Waals surface area (Å²) >= 11 is 0. The molecule has 1 heterocycles. The van der Waals surface area contributed by atoms with E-state index in [1.807, 2.05) is 0 Å². The molecule has 0 spiro atoms. The molecule has 0 saturated heterocycles. The first-order chi connectivity index (χ1) is 14.8. The lowest BCUT2D eigenvalue weighted by atomic mass is 9.93. The maximum atomic E-state index is 13.9. The fourth-order valence-electron chi connectivity index (χ4n) is 3.74. The van der Waals surface area contributed by atoms with Gasteiger partial charge in [0.15, 0.2) is 5.75 Å². The number of carbonyl (C=O) groups excluding carboxylic acids is 1. The van der Waals surface area contributed by atoms with Crippen LogP contribution in [0.3, 0.4) is 0 Å². The molecule has 1 fully saturated rings. The Kier molecular flexibility index (Phi) is 5.39. The summed E-state index contributed by atoms with van der Waals surface area (Å²) in [5.74, 6) is -1.76. The molecule has 2 aromatic carbocycles. The van der Waals surface area contributed by atoms with Crippen molar-refractivity contribution < 1.29 is 22.7 Å². The van der Waals surface area contributed by atoms with E-state index < -0.39 is 28.8 Å². The highest BCUT2D eigenvalue weighted by Gasteiger charge is 2.60. The first-order valence-electron chi connectivity index (χ1n) is 9.73. The van der Waals surface area contributed by atoms with Gasteiger partial charge in [-0.05, 0) is 62.2 Å². The number of aromatic nitrogens is 2. The van der Waals surface area contributed by atoms with Crippen LogP contribution in [0.15, 0.2) is 48.7 Å². The summed E-state index contributed by atoms with van der Waals surface area (Å²) in [6, 6.07) is 8.59. The third-order valence-electron chi connectivity index (χ3n) is 5.48. The van der Waals surface area contributed by atoms with E-state index in [2.05, 4.69) is 15.3 Å². The fourth-order valence-corrected chi connectivity index (χ4v) is 3.74. The molecule has 5 nitrogen and oxygen atoms in total. The number of hydrogen-bond acceptors (Lipinski definition) is 4. The lowest BCUT2D eigenvalue weighted by Crippen LogP contribution is -2.27. The number of benzene rings is 2. The van der Waals surface area contributed by atoms with Crippen molar-refractivity contribution in [2.24, 2.45) is 5.92 Å². The Balaban J connectivity index is 1.59. The Bertz CT molecular complexity index is 1120. The van der Waals surface area contributed by atoms with Crippen LogP contribution in [0.25, 0.3) is 0 Å². The first-order valence-corrected chi connectivity index (χ1v) is 9.73. The molecule has 0 radical (unpaired) electrons. The Morgan fingerprint density at radius 1 is 1.10 bits per heavy atom. The van der Waals surface area contributed by atoms with Crippen LogP contribution >= 0.6 is 0 Å². The molecule has 1 aliphatic carbocycles.